The summed E-state index contributed by atoms with van der Waals surface area (Å²) in [5.74, 6) is -0.833. The lowest BCUT2D eigenvalue weighted by Crippen LogP contribution is -2.16. The highest BCUT2D eigenvalue weighted by molar-refractivity contribution is 7.92. The van der Waals surface area contributed by atoms with Crippen LogP contribution in [-0.4, -0.2) is 29.3 Å². The van der Waals surface area contributed by atoms with Gasteiger partial charge < -0.3 is 5.11 Å². The molecule has 2 aromatic carbocycles. The van der Waals surface area contributed by atoms with Crippen molar-refractivity contribution < 1.29 is 18.3 Å². The molecule has 4 aromatic rings. The maximum atomic E-state index is 12.9. The highest BCUT2D eigenvalue weighted by atomic mass is 32.2. The zero-order valence-corrected chi connectivity index (χ0v) is 17.4. The van der Waals surface area contributed by atoms with E-state index in [0.29, 0.717) is 5.69 Å². The third kappa shape index (κ3) is 3.85. The lowest BCUT2D eigenvalue weighted by molar-refractivity contribution is 0.0696. The van der Waals surface area contributed by atoms with E-state index in [-0.39, 0.29) is 16.3 Å². The van der Waals surface area contributed by atoms with E-state index in [1.807, 2.05) is 48.7 Å². The van der Waals surface area contributed by atoms with Crippen molar-refractivity contribution in [1.82, 2.24) is 9.78 Å². The number of hydrogen-bond donors (Lipinski definition) is 2. The maximum Gasteiger partial charge on any atom is 0.335 e. The van der Waals surface area contributed by atoms with E-state index < -0.39 is 16.0 Å². The Morgan fingerprint density at radius 2 is 1.80 bits per heavy atom. The molecule has 2 heterocycles. The van der Waals surface area contributed by atoms with Crippen LogP contribution >= 0.6 is 11.3 Å². The minimum Gasteiger partial charge on any atom is -0.478 e. The number of carboxylic acid groups (broad SMARTS) is 1. The van der Waals surface area contributed by atoms with Crippen LogP contribution in [-0.2, 0) is 10.0 Å². The molecule has 2 aromatic heterocycles. The first-order valence-corrected chi connectivity index (χ1v) is 11.3. The van der Waals surface area contributed by atoms with Gasteiger partial charge in [0, 0.05) is 6.07 Å². The molecule has 0 bridgehead atoms. The number of nitrogens with zero attached hydrogens (tertiary/aromatic N) is 2. The van der Waals surface area contributed by atoms with Crippen molar-refractivity contribution in [3.8, 4) is 16.3 Å². The van der Waals surface area contributed by atoms with Gasteiger partial charge in [-0.15, -0.1) is 11.3 Å². The molecular formula is C21H17N3O4S2. The van der Waals surface area contributed by atoms with Crippen molar-refractivity contribution in [3.63, 3.8) is 0 Å². The van der Waals surface area contributed by atoms with E-state index in [0.717, 1.165) is 16.1 Å². The number of benzene rings is 2. The van der Waals surface area contributed by atoms with Crippen LogP contribution in [0.25, 0.3) is 16.3 Å². The second-order valence-electron chi connectivity index (χ2n) is 6.53. The largest absolute Gasteiger partial charge is 0.478 e. The summed E-state index contributed by atoms with van der Waals surface area (Å²) in [6.45, 7) is 1.92. The average Bonchev–Trinajstić information content (AvgIpc) is 3.38. The summed E-state index contributed by atoms with van der Waals surface area (Å²) >= 11 is 1.51. The molecule has 152 valence electrons. The number of thiophene rings is 1. The summed E-state index contributed by atoms with van der Waals surface area (Å²) < 4.78 is 30.1. The topological polar surface area (TPSA) is 101 Å². The molecule has 0 aliphatic heterocycles. The molecule has 0 amide bonds. The molecule has 0 saturated carbocycles. The second kappa shape index (κ2) is 7.77. The summed E-state index contributed by atoms with van der Waals surface area (Å²) in [4.78, 5) is 11.9. The molecule has 0 fully saturated rings. The zero-order chi connectivity index (χ0) is 21.3. The Morgan fingerprint density at radius 1 is 1.07 bits per heavy atom. The van der Waals surface area contributed by atoms with E-state index in [2.05, 4.69) is 9.82 Å². The molecule has 0 unspecified atom stereocenters. The molecule has 0 spiro atoms. The fourth-order valence-electron chi connectivity index (χ4n) is 2.96. The molecule has 9 heteroatoms. The number of hydrogen-bond acceptors (Lipinski definition) is 5. The van der Waals surface area contributed by atoms with Crippen molar-refractivity contribution in [3.05, 3.63) is 83.2 Å². The monoisotopic (exact) mass is 439 g/mol. The Bertz CT molecular complexity index is 1310. The first-order valence-electron chi connectivity index (χ1n) is 8.91. The smallest absolute Gasteiger partial charge is 0.335 e. The van der Waals surface area contributed by atoms with Crippen molar-refractivity contribution in [2.24, 2.45) is 0 Å². The summed E-state index contributed by atoms with van der Waals surface area (Å²) in [5.41, 5.74) is 2.34. The standard InChI is InChI=1S/C21H17N3O4S2/c1-14-5-2-3-6-18(14)24-20(13-17(22-24)19-7-4-12-29-19)23-30(27,28)16-10-8-15(9-11-16)21(25)26/h2-13,23H,1H3,(H,25,26). The number of aromatic carboxylic acids is 1. The van der Waals surface area contributed by atoms with Crippen molar-refractivity contribution in [2.75, 3.05) is 4.72 Å². The van der Waals surface area contributed by atoms with Gasteiger partial charge in [0.1, 0.15) is 11.5 Å². The van der Waals surface area contributed by atoms with E-state index in [1.165, 1.54) is 35.6 Å². The molecule has 7 nitrogen and oxygen atoms in total. The van der Waals surface area contributed by atoms with Gasteiger partial charge in [-0.05, 0) is 54.3 Å². The molecule has 4 rings (SSSR count). The number of anilines is 1. The number of aryl methyl sites for hydroxylation is 1. The third-order valence-corrected chi connectivity index (χ3v) is 6.74. The minimum absolute atomic E-state index is 0.0129. The fraction of sp³-hybridized carbons (Fsp3) is 0.0476. The summed E-state index contributed by atoms with van der Waals surface area (Å²) in [7, 11) is -3.95. The predicted molar refractivity (Wildman–Crippen MR) is 116 cm³/mol. The molecule has 0 radical (unpaired) electrons. The number of aromatic nitrogens is 2. The number of para-hydroxylation sites is 1. The SMILES string of the molecule is Cc1ccccc1-n1nc(-c2cccs2)cc1NS(=O)(=O)c1ccc(C(=O)O)cc1. The molecule has 0 saturated heterocycles. The molecule has 0 aliphatic rings. The van der Waals surface area contributed by atoms with E-state index in [9.17, 15) is 13.2 Å². The number of sulfonamides is 1. The molecule has 30 heavy (non-hydrogen) atoms. The van der Waals surface area contributed by atoms with Gasteiger partial charge >= 0.3 is 5.97 Å². The van der Waals surface area contributed by atoms with E-state index in [1.54, 1.807) is 10.7 Å². The van der Waals surface area contributed by atoms with Crippen LogP contribution < -0.4 is 4.72 Å². The summed E-state index contributed by atoms with van der Waals surface area (Å²) in [6.07, 6.45) is 0. The normalized spacial score (nSPS) is 11.4. The molecule has 0 atom stereocenters. The Kier molecular flexibility index (Phi) is 5.15. The average molecular weight is 440 g/mol. The van der Waals surface area contributed by atoms with Gasteiger partial charge in [0.15, 0.2) is 0 Å². The number of nitrogens with one attached hydrogen (secondary N) is 1. The van der Waals surface area contributed by atoms with Crippen molar-refractivity contribution >= 4 is 33.1 Å². The summed E-state index contributed by atoms with van der Waals surface area (Å²) in [5, 5.41) is 15.6. The van der Waals surface area contributed by atoms with Gasteiger partial charge in [-0.2, -0.15) is 5.10 Å². The first-order chi connectivity index (χ1) is 14.3. The lowest BCUT2D eigenvalue weighted by Gasteiger charge is -2.12. The second-order valence-corrected chi connectivity index (χ2v) is 9.16. The Morgan fingerprint density at radius 3 is 2.43 bits per heavy atom. The highest BCUT2D eigenvalue weighted by Crippen LogP contribution is 2.30. The van der Waals surface area contributed by atoms with Gasteiger partial charge in [-0.1, -0.05) is 24.3 Å². The van der Waals surface area contributed by atoms with Gasteiger partial charge in [0.2, 0.25) is 0 Å². The van der Waals surface area contributed by atoms with Crippen LogP contribution in [0.15, 0.2) is 77.0 Å². The minimum atomic E-state index is -3.95. The van der Waals surface area contributed by atoms with Crippen LogP contribution in [0.5, 0.6) is 0 Å². The number of carboxylic acids is 1. The van der Waals surface area contributed by atoms with Gasteiger partial charge in [0.25, 0.3) is 10.0 Å². The Hall–Kier alpha value is -3.43. The van der Waals surface area contributed by atoms with Gasteiger partial charge in [-0.25, -0.2) is 17.9 Å². The van der Waals surface area contributed by atoms with E-state index in [4.69, 9.17) is 5.11 Å². The molecule has 2 N–H and O–H groups in total. The van der Waals surface area contributed by atoms with Crippen molar-refractivity contribution in [2.45, 2.75) is 11.8 Å². The molecular weight excluding hydrogens is 422 g/mol. The van der Waals surface area contributed by atoms with Crippen LogP contribution in [0.1, 0.15) is 15.9 Å². The third-order valence-electron chi connectivity index (χ3n) is 4.48. The van der Waals surface area contributed by atoms with Gasteiger partial charge in [0.05, 0.1) is 21.0 Å². The Labute approximate surface area is 177 Å². The van der Waals surface area contributed by atoms with Crippen LogP contribution in [0, 0.1) is 6.92 Å². The van der Waals surface area contributed by atoms with Crippen molar-refractivity contribution in [1.29, 1.82) is 0 Å². The van der Waals surface area contributed by atoms with Gasteiger partial charge in [-0.3, -0.25) is 4.72 Å². The predicted octanol–water partition coefficient (Wildman–Crippen LogP) is 4.41. The quantitative estimate of drug-likeness (QED) is 0.463. The fourth-order valence-corrected chi connectivity index (χ4v) is 4.67. The molecule has 0 aliphatic carbocycles. The van der Waals surface area contributed by atoms with E-state index >= 15 is 0 Å². The number of rotatable bonds is 6. The van der Waals surface area contributed by atoms with Crippen LogP contribution in [0.3, 0.4) is 0 Å². The van der Waals surface area contributed by atoms with Crippen LogP contribution in [0.4, 0.5) is 5.82 Å². The lowest BCUT2D eigenvalue weighted by atomic mass is 10.2. The number of carbonyl (C=O) groups is 1. The Balaban J connectivity index is 1.77. The zero-order valence-electron chi connectivity index (χ0n) is 15.8. The first kappa shape index (κ1) is 19.9. The maximum absolute atomic E-state index is 12.9. The highest BCUT2D eigenvalue weighted by Gasteiger charge is 2.20. The van der Waals surface area contributed by atoms with Crippen LogP contribution in [0.2, 0.25) is 0 Å². The summed E-state index contributed by atoms with van der Waals surface area (Å²) in [6, 6.07) is 18.1.